The lowest BCUT2D eigenvalue weighted by Crippen LogP contribution is -2.10. The first kappa shape index (κ1) is 10.4. The minimum absolute atomic E-state index is 0.538. The topological polar surface area (TPSA) is 0 Å². The summed E-state index contributed by atoms with van der Waals surface area (Å²) in [5.41, 5.74) is 0.538. The lowest BCUT2D eigenvalue weighted by molar-refractivity contribution is 0.360. The molecule has 0 N–H and O–H groups in total. The number of alkyl halides is 1. The van der Waals surface area contributed by atoms with Crippen molar-refractivity contribution in [3.8, 4) is 0 Å². The van der Waals surface area contributed by atoms with Gasteiger partial charge in [0.05, 0.1) is 0 Å². The van der Waals surface area contributed by atoms with E-state index >= 15 is 0 Å². The summed E-state index contributed by atoms with van der Waals surface area (Å²) in [7, 11) is 0. The fourth-order valence-corrected chi connectivity index (χ4v) is 2.85. The van der Waals surface area contributed by atoms with Gasteiger partial charge in [0.2, 0.25) is 0 Å². The van der Waals surface area contributed by atoms with Crippen LogP contribution in [0.15, 0.2) is 0 Å². The summed E-state index contributed by atoms with van der Waals surface area (Å²) in [4.78, 5) is 0. The van der Waals surface area contributed by atoms with Crippen molar-refractivity contribution >= 4 is 11.6 Å². The van der Waals surface area contributed by atoms with Crippen LogP contribution in [0.3, 0.4) is 0 Å². The van der Waals surface area contributed by atoms with Crippen molar-refractivity contribution in [2.45, 2.75) is 46.5 Å². The Kier molecular flexibility index (Phi) is 3.46. The van der Waals surface area contributed by atoms with Gasteiger partial charge in [0.25, 0.3) is 0 Å². The second-order valence-corrected chi connectivity index (χ2v) is 4.97. The molecule has 0 spiro atoms. The fourth-order valence-electron chi connectivity index (χ4n) is 2.37. The number of halogens is 1. The number of hydrogen-bond donors (Lipinski definition) is 0. The number of hydrogen-bond acceptors (Lipinski definition) is 0. The van der Waals surface area contributed by atoms with E-state index in [1.807, 2.05) is 0 Å². The molecular formula is C11H21Cl. The van der Waals surface area contributed by atoms with Crippen molar-refractivity contribution in [1.29, 1.82) is 0 Å². The van der Waals surface area contributed by atoms with Gasteiger partial charge in [-0.3, -0.25) is 0 Å². The lowest BCUT2D eigenvalue weighted by atomic mass is 9.90. The van der Waals surface area contributed by atoms with Gasteiger partial charge in [-0.05, 0) is 30.1 Å². The molecule has 0 aromatic heterocycles. The van der Waals surface area contributed by atoms with Gasteiger partial charge < -0.3 is 0 Å². The van der Waals surface area contributed by atoms with Crippen LogP contribution in [0.4, 0.5) is 0 Å². The highest BCUT2D eigenvalue weighted by atomic mass is 35.5. The quantitative estimate of drug-likeness (QED) is 0.571. The lowest BCUT2D eigenvalue weighted by Gasteiger charge is -2.18. The van der Waals surface area contributed by atoms with Gasteiger partial charge in [-0.1, -0.05) is 33.6 Å². The molecule has 0 aromatic carbocycles. The standard InChI is InChI=1S/C11H21Cl/c1-4-5-9(2)6-11(8-12)7-10(11)3/h9-10H,4-8H2,1-3H3. The third-order valence-electron chi connectivity index (χ3n) is 3.40. The molecule has 72 valence electrons. The molecule has 0 heterocycles. The molecule has 3 atom stereocenters. The molecule has 1 saturated carbocycles. The maximum Gasteiger partial charge on any atom is 0.0282 e. The fraction of sp³-hybridized carbons (Fsp3) is 1.00. The largest absolute Gasteiger partial charge is 0.126 e. The van der Waals surface area contributed by atoms with E-state index in [-0.39, 0.29) is 0 Å². The Hall–Kier alpha value is 0.290. The molecule has 0 aliphatic heterocycles. The predicted molar refractivity (Wildman–Crippen MR) is 55.6 cm³/mol. The summed E-state index contributed by atoms with van der Waals surface area (Å²) in [6.07, 6.45) is 5.40. The third kappa shape index (κ3) is 2.16. The SMILES string of the molecule is CCCC(C)CC1(CCl)CC1C. The van der Waals surface area contributed by atoms with E-state index in [9.17, 15) is 0 Å². The van der Waals surface area contributed by atoms with E-state index in [0.717, 1.165) is 17.7 Å². The zero-order valence-electron chi connectivity index (χ0n) is 8.57. The Labute approximate surface area is 81.7 Å². The van der Waals surface area contributed by atoms with E-state index < -0.39 is 0 Å². The minimum Gasteiger partial charge on any atom is -0.126 e. The van der Waals surface area contributed by atoms with Gasteiger partial charge >= 0.3 is 0 Å². The van der Waals surface area contributed by atoms with Crippen LogP contribution < -0.4 is 0 Å². The molecule has 1 aliphatic rings. The number of rotatable bonds is 5. The van der Waals surface area contributed by atoms with Crippen molar-refractivity contribution in [2.24, 2.45) is 17.3 Å². The summed E-state index contributed by atoms with van der Waals surface area (Å²) in [5.74, 6) is 2.63. The normalized spacial score (nSPS) is 36.5. The maximum absolute atomic E-state index is 5.99. The van der Waals surface area contributed by atoms with Crippen LogP contribution in [0.1, 0.15) is 46.5 Å². The smallest absolute Gasteiger partial charge is 0.0282 e. The molecule has 0 bridgehead atoms. The molecule has 12 heavy (non-hydrogen) atoms. The molecule has 0 saturated heterocycles. The second kappa shape index (κ2) is 4.00. The second-order valence-electron chi connectivity index (χ2n) is 4.70. The molecule has 1 heteroatoms. The van der Waals surface area contributed by atoms with Crippen LogP contribution in [0.5, 0.6) is 0 Å². The van der Waals surface area contributed by atoms with E-state index in [0.29, 0.717) is 5.41 Å². The predicted octanol–water partition coefficient (Wildman–Crippen LogP) is 4.08. The van der Waals surface area contributed by atoms with Crippen LogP contribution in [0, 0.1) is 17.3 Å². The average molecular weight is 189 g/mol. The van der Waals surface area contributed by atoms with Gasteiger partial charge in [0.15, 0.2) is 0 Å². The Morgan fingerprint density at radius 3 is 2.50 bits per heavy atom. The monoisotopic (exact) mass is 188 g/mol. The van der Waals surface area contributed by atoms with E-state index in [1.54, 1.807) is 0 Å². The van der Waals surface area contributed by atoms with Crippen LogP contribution in [0.2, 0.25) is 0 Å². The molecule has 0 aromatic rings. The molecule has 1 aliphatic carbocycles. The van der Waals surface area contributed by atoms with Crippen LogP contribution in [0.25, 0.3) is 0 Å². The summed E-state index contributed by atoms with van der Waals surface area (Å²) in [6, 6.07) is 0. The first-order valence-corrected chi connectivity index (χ1v) is 5.74. The maximum atomic E-state index is 5.99. The zero-order valence-corrected chi connectivity index (χ0v) is 9.32. The summed E-state index contributed by atoms with van der Waals surface area (Å²) in [6.45, 7) is 6.96. The van der Waals surface area contributed by atoms with Crippen molar-refractivity contribution in [2.75, 3.05) is 5.88 Å². The minimum atomic E-state index is 0.538. The Bertz CT molecular complexity index is 140. The van der Waals surface area contributed by atoms with Gasteiger partial charge in [0.1, 0.15) is 0 Å². The van der Waals surface area contributed by atoms with Crippen molar-refractivity contribution in [1.82, 2.24) is 0 Å². The Morgan fingerprint density at radius 1 is 1.58 bits per heavy atom. The zero-order chi connectivity index (χ0) is 9.19. The van der Waals surface area contributed by atoms with Gasteiger partial charge in [-0.25, -0.2) is 0 Å². The summed E-state index contributed by atoms with van der Waals surface area (Å²) >= 11 is 5.99. The molecule has 0 nitrogen and oxygen atoms in total. The van der Waals surface area contributed by atoms with Crippen LogP contribution in [-0.4, -0.2) is 5.88 Å². The first-order chi connectivity index (χ1) is 5.64. The van der Waals surface area contributed by atoms with Crippen molar-refractivity contribution in [3.63, 3.8) is 0 Å². The average Bonchev–Trinajstić information content (AvgIpc) is 2.63. The molecule has 1 rings (SSSR count). The highest BCUT2D eigenvalue weighted by molar-refractivity contribution is 6.18. The molecule has 3 unspecified atom stereocenters. The van der Waals surface area contributed by atoms with Crippen LogP contribution in [-0.2, 0) is 0 Å². The third-order valence-corrected chi connectivity index (χ3v) is 3.93. The highest BCUT2D eigenvalue weighted by Gasteiger charge is 2.50. The van der Waals surface area contributed by atoms with E-state index in [2.05, 4.69) is 20.8 Å². The summed E-state index contributed by atoms with van der Waals surface area (Å²) in [5, 5.41) is 0. The van der Waals surface area contributed by atoms with Gasteiger partial charge in [-0.2, -0.15) is 0 Å². The molecule has 0 radical (unpaired) electrons. The van der Waals surface area contributed by atoms with Crippen molar-refractivity contribution in [3.05, 3.63) is 0 Å². The van der Waals surface area contributed by atoms with Crippen LogP contribution >= 0.6 is 11.6 Å². The van der Waals surface area contributed by atoms with E-state index in [4.69, 9.17) is 11.6 Å². The van der Waals surface area contributed by atoms with Gasteiger partial charge in [-0.15, -0.1) is 11.6 Å². The molecule has 0 amide bonds. The molecule has 1 fully saturated rings. The van der Waals surface area contributed by atoms with Crippen molar-refractivity contribution < 1.29 is 0 Å². The summed E-state index contributed by atoms with van der Waals surface area (Å²) < 4.78 is 0. The Morgan fingerprint density at radius 2 is 2.17 bits per heavy atom. The first-order valence-electron chi connectivity index (χ1n) is 5.20. The Balaban J connectivity index is 2.29. The molecular weight excluding hydrogens is 168 g/mol. The van der Waals surface area contributed by atoms with E-state index in [1.165, 1.54) is 25.7 Å². The highest BCUT2D eigenvalue weighted by Crippen LogP contribution is 2.57. The van der Waals surface area contributed by atoms with Gasteiger partial charge in [0, 0.05) is 5.88 Å².